The molecule has 1 saturated heterocycles. The van der Waals surface area contributed by atoms with E-state index in [1.807, 2.05) is 12.1 Å². The van der Waals surface area contributed by atoms with E-state index in [9.17, 15) is 8.78 Å². The number of hydrogen-bond donors (Lipinski definition) is 0. The molecule has 0 saturated carbocycles. The fraction of sp³-hybridized carbons (Fsp3) is 0.235. The first-order chi connectivity index (χ1) is 10.6. The third-order valence-corrected chi connectivity index (χ3v) is 3.60. The van der Waals surface area contributed by atoms with Gasteiger partial charge in [0.05, 0.1) is 11.6 Å². The smallest absolute Gasteiger partial charge is 0.167 e. The largest absolute Gasteiger partial charge is 0.485 e. The van der Waals surface area contributed by atoms with E-state index < -0.39 is 11.6 Å². The molecule has 5 heteroatoms. The molecule has 0 radical (unpaired) electrons. The maximum atomic E-state index is 13.5. The van der Waals surface area contributed by atoms with E-state index in [-0.39, 0.29) is 11.9 Å². The molecule has 3 nitrogen and oxygen atoms in total. The van der Waals surface area contributed by atoms with Gasteiger partial charge in [-0.1, -0.05) is 12.1 Å². The molecule has 0 atom stereocenters. The number of hydrogen-bond acceptors (Lipinski definition) is 3. The molecule has 2 aromatic carbocycles. The molecule has 0 unspecified atom stereocenters. The molecule has 3 rings (SSSR count). The van der Waals surface area contributed by atoms with Crippen LogP contribution in [-0.4, -0.2) is 24.1 Å². The minimum atomic E-state index is -0.675. The van der Waals surface area contributed by atoms with Crippen molar-refractivity contribution in [3.63, 3.8) is 0 Å². The lowest BCUT2D eigenvalue weighted by molar-refractivity contribution is 0.0122. The topological polar surface area (TPSA) is 36.3 Å². The lowest BCUT2D eigenvalue weighted by Gasteiger charge is -2.39. The number of rotatable bonds is 4. The van der Waals surface area contributed by atoms with E-state index in [1.54, 1.807) is 12.1 Å². The van der Waals surface area contributed by atoms with E-state index in [2.05, 4.69) is 11.0 Å². The van der Waals surface area contributed by atoms with E-state index in [1.165, 1.54) is 12.1 Å². The van der Waals surface area contributed by atoms with Gasteiger partial charge in [-0.2, -0.15) is 5.26 Å². The minimum Gasteiger partial charge on any atom is -0.485 e. The van der Waals surface area contributed by atoms with Crippen molar-refractivity contribution in [2.45, 2.75) is 12.6 Å². The van der Waals surface area contributed by atoms with E-state index >= 15 is 0 Å². The van der Waals surface area contributed by atoms with Crippen molar-refractivity contribution in [3.05, 3.63) is 65.2 Å². The third-order valence-electron chi connectivity index (χ3n) is 3.60. The molecule has 0 N–H and O–H groups in total. The quantitative estimate of drug-likeness (QED) is 0.870. The highest BCUT2D eigenvalue weighted by atomic mass is 19.1. The molecule has 1 heterocycles. The van der Waals surface area contributed by atoms with Crippen LogP contribution in [-0.2, 0) is 6.54 Å². The lowest BCUT2D eigenvalue weighted by Crippen LogP contribution is -2.53. The standard InChI is InChI=1S/C17H14F2N2O/c18-14-5-6-17(16(19)7-14)22-15-10-21(11-15)9-13-3-1-12(8-20)2-4-13/h1-7,15H,9-11H2. The Morgan fingerprint density at radius 2 is 1.86 bits per heavy atom. The SMILES string of the molecule is N#Cc1ccc(CN2CC(Oc3ccc(F)cc3F)C2)cc1. The first kappa shape index (κ1) is 14.5. The van der Waals surface area contributed by atoms with Crippen LogP contribution in [0, 0.1) is 23.0 Å². The minimum absolute atomic E-state index is 0.0849. The molecule has 22 heavy (non-hydrogen) atoms. The Kier molecular flexibility index (Phi) is 4.03. The van der Waals surface area contributed by atoms with Gasteiger partial charge in [0.1, 0.15) is 11.9 Å². The number of nitrogens with zero attached hydrogens (tertiary/aromatic N) is 2. The molecule has 1 aliphatic rings. The van der Waals surface area contributed by atoms with Crippen molar-refractivity contribution in [1.29, 1.82) is 5.26 Å². The predicted molar refractivity (Wildman–Crippen MR) is 77.2 cm³/mol. The van der Waals surface area contributed by atoms with Gasteiger partial charge in [0.25, 0.3) is 0 Å². The average molecular weight is 300 g/mol. The van der Waals surface area contributed by atoms with Crippen LogP contribution in [0.1, 0.15) is 11.1 Å². The molecule has 1 aliphatic heterocycles. The van der Waals surface area contributed by atoms with Crippen LogP contribution in [0.2, 0.25) is 0 Å². The van der Waals surface area contributed by atoms with Crippen molar-refractivity contribution < 1.29 is 13.5 Å². The highest BCUT2D eigenvalue weighted by Crippen LogP contribution is 2.23. The maximum Gasteiger partial charge on any atom is 0.167 e. The lowest BCUT2D eigenvalue weighted by atomic mass is 10.1. The second-order valence-electron chi connectivity index (χ2n) is 5.32. The molecule has 0 spiro atoms. The fourth-order valence-electron chi connectivity index (χ4n) is 2.42. The molecular weight excluding hydrogens is 286 g/mol. The monoisotopic (exact) mass is 300 g/mol. The number of likely N-dealkylation sites (tertiary alicyclic amines) is 1. The van der Waals surface area contributed by atoms with Crippen molar-refractivity contribution in [2.75, 3.05) is 13.1 Å². The molecule has 0 aliphatic carbocycles. The van der Waals surface area contributed by atoms with Crippen LogP contribution in [0.3, 0.4) is 0 Å². The molecule has 0 aromatic heterocycles. The van der Waals surface area contributed by atoms with E-state index in [0.717, 1.165) is 18.2 Å². The van der Waals surface area contributed by atoms with Gasteiger partial charge in [-0.05, 0) is 29.8 Å². The van der Waals surface area contributed by atoms with Crippen LogP contribution in [0.25, 0.3) is 0 Å². The summed E-state index contributed by atoms with van der Waals surface area (Å²) in [6.45, 7) is 2.14. The van der Waals surface area contributed by atoms with Crippen LogP contribution in [0.5, 0.6) is 5.75 Å². The van der Waals surface area contributed by atoms with Crippen LogP contribution in [0.15, 0.2) is 42.5 Å². The molecule has 2 aromatic rings. The number of halogens is 2. The zero-order chi connectivity index (χ0) is 15.5. The Balaban J connectivity index is 1.50. The number of ether oxygens (including phenoxy) is 1. The van der Waals surface area contributed by atoms with Gasteiger partial charge in [-0.3, -0.25) is 4.90 Å². The molecule has 112 valence electrons. The highest BCUT2D eigenvalue weighted by molar-refractivity contribution is 5.31. The van der Waals surface area contributed by atoms with Gasteiger partial charge >= 0.3 is 0 Å². The number of benzene rings is 2. The zero-order valence-electron chi connectivity index (χ0n) is 11.8. The Labute approximate surface area is 127 Å². The van der Waals surface area contributed by atoms with E-state index in [4.69, 9.17) is 10.00 Å². The predicted octanol–water partition coefficient (Wildman–Crippen LogP) is 3.10. The van der Waals surface area contributed by atoms with E-state index in [0.29, 0.717) is 18.7 Å². The molecule has 0 bridgehead atoms. The Morgan fingerprint density at radius 1 is 1.14 bits per heavy atom. The summed E-state index contributed by atoms with van der Waals surface area (Å²) in [4.78, 5) is 2.16. The summed E-state index contributed by atoms with van der Waals surface area (Å²) in [6, 6.07) is 12.8. The van der Waals surface area contributed by atoms with Crippen molar-refractivity contribution in [3.8, 4) is 11.8 Å². The first-order valence-electron chi connectivity index (χ1n) is 6.97. The average Bonchev–Trinajstić information content (AvgIpc) is 2.48. The van der Waals surface area contributed by atoms with Gasteiger partial charge in [-0.15, -0.1) is 0 Å². The van der Waals surface area contributed by atoms with Crippen molar-refractivity contribution >= 4 is 0 Å². The zero-order valence-corrected chi connectivity index (χ0v) is 11.8. The Hall–Kier alpha value is -2.45. The second kappa shape index (κ2) is 6.12. The highest BCUT2D eigenvalue weighted by Gasteiger charge is 2.29. The second-order valence-corrected chi connectivity index (χ2v) is 5.32. The van der Waals surface area contributed by atoms with Gasteiger partial charge in [0, 0.05) is 25.7 Å². The number of nitriles is 1. The first-order valence-corrected chi connectivity index (χ1v) is 6.97. The summed E-state index contributed by atoms with van der Waals surface area (Å²) in [5, 5.41) is 8.75. The molecule has 0 amide bonds. The summed E-state index contributed by atoms with van der Waals surface area (Å²) < 4.78 is 31.8. The summed E-state index contributed by atoms with van der Waals surface area (Å²) in [7, 11) is 0. The van der Waals surface area contributed by atoms with Gasteiger partial charge in [-0.25, -0.2) is 8.78 Å². The third kappa shape index (κ3) is 3.23. The summed E-state index contributed by atoms with van der Waals surface area (Å²) in [6.07, 6.45) is -0.0849. The van der Waals surface area contributed by atoms with Crippen LogP contribution >= 0.6 is 0 Å². The fourth-order valence-corrected chi connectivity index (χ4v) is 2.42. The van der Waals surface area contributed by atoms with Crippen LogP contribution in [0.4, 0.5) is 8.78 Å². The van der Waals surface area contributed by atoms with Crippen LogP contribution < -0.4 is 4.74 Å². The van der Waals surface area contributed by atoms with Crippen molar-refractivity contribution in [1.82, 2.24) is 4.90 Å². The normalized spacial score (nSPS) is 15.1. The van der Waals surface area contributed by atoms with Gasteiger partial charge in [0.15, 0.2) is 11.6 Å². The van der Waals surface area contributed by atoms with Crippen molar-refractivity contribution in [2.24, 2.45) is 0 Å². The summed E-state index contributed by atoms with van der Waals surface area (Å²) in [5.41, 5.74) is 1.76. The maximum absolute atomic E-state index is 13.5. The van der Waals surface area contributed by atoms with Gasteiger partial charge < -0.3 is 4.74 Å². The molecule has 1 fully saturated rings. The Bertz CT molecular complexity index is 704. The summed E-state index contributed by atoms with van der Waals surface area (Å²) >= 11 is 0. The van der Waals surface area contributed by atoms with Gasteiger partial charge in [0.2, 0.25) is 0 Å². The molecular formula is C17H14F2N2O. The Morgan fingerprint density at radius 3 is 2.50 bits per heavy atom. The summed E-state index contributed by atoms with van der Waals surface area (Å²) in [5.74, 6) is -1.20.